The van der Waals surface area contributed by atoms with Gasteiger partial charge in [0.05, 0.1) is 22.4 Å². The van der Waals surface area contributed by atoms with E-state index in [1.807, 2.05) is 24.3 Å². The van der Waals surface area contributed by atoms with Gasteiger partial charge < -0.3 is 14.8 Å². The van der Waals surface area contributed by atoms with Crippen LogP contribution in [0.4, 0.5) is 11.4 Å². The summed E-state index contributed by atoms with van der Waals surface area (Å²) in [6.45, 7) is 2.89. The van der Waals surface area contributed by atoms with E-state index in [0.29, 0.717) is 12.2 Å². The van der Waals surface area contributed by atoms with Crippen molar-refractivity contribution in [2.45, 2.75) is 75.9 Å². The Balaban J connectivity index is 0.00000320. The number of nitrogens with one attached hydrogen (secondary N) is 1. The van der Waals surface area contributed by atoms with Crippen LogP contribution in [0.1, 0.15) is 63.9 Å². The smallest absolute Gasteiger partial charge is 0.744 e. The van der Waals surface area contributed by atoms with Gasteiger partial charge in [-0.25, -0.2) is 8.42 Å². The quantitative estimate of drug-likeness (QED) is 0.321. The molecule has 30 heavy (non-hydrogen) atoms. The zero-order chi connectivity index (χ0) is 20.7. The van der Waals surface area contributed by atoms with Gasteiger partial charge >= 0.3 is 51.4 Å². The summed E-state index contributed by atoms with van der Waals surface area (Å²) >= 11 is 0. The molecule has 0 amide bonds. The second-order valence-electron chi connectivity index (χ2n) is 7.79. The standard InChI is InChI=1S/C23H32N2O3S.K/c1-2-3-4-5-6-7-11-17-22-24-23-20(15-12-16-21(23)29(26,27)28)25(22)18-19-13-9-8-10-14-19;/h8-10,12-16,22,24H,2-7,11,17-18H2,1H3,(H,26,27,28);/q;+1/p-1. The average molecular weight is 455 g/mol. The third-order valence-corrected chi connectivity index (χ3v) is 6.43. The maximum atomic E-state index is 11.7. The number of para-hydroxylation sites is 1. The number of anilines is 2. The number of hydrogen-bond acceptors (Lipinski definition) is 5. The average Bonchev–Trinajstić information content (AvgIpc) is 3.04. The molecule has 0 aromatic heterocycles. The van der Waals surface area contributed by atoms with E-state index in [9.17, 15) is 13.0 Å². The molecular formula is C23H31KN2O3S. The van der Waals surface area contributed by atoms with E-state index < -0.39 is 10.1 Å². The van der Waals surface area contributed by atoms with Crippen molar-refractivity contribution >= 4 is 21.5 Å². The van der Waals surface area contributed by atoms with Gasteiger partial charge in [-0.3, -0.25) is 0 Å². The predicted molar refractivity (Wildman–Crippen MR) is 117 cm³/mol. The van der Waals surface area contributed by atoms with Crippen molar-refractivity contribution in [1.29, 1.82) is 0 Å². The van der Waals surface area contributed by atoms with Crippen molar-refractivity contribution in [1.82, 2.24) is 0 Å². The SMILES string of the molecule is CCCCCCCCCC1Nc2c(cccc2S(=O)(=O)[O-])N1Cc1ccccc1.[K+]. The van der Waals surface area contributed by atoms with E-state index in [4.69, 9.17) is 0 Å². The van der Waals surface area contributed by atoms with Gasteiger partial charge in [-0.2, -0.15) is 0 Å². The summed E-state index contributed by atoms with van der Waals surface area (Å²) in [6.07, 6.45) is 9.51. The molecule has 1 aliphatic heterocycles. The van der Waals surface area contributed by atoms with E-state index in [2.05, 4.69) is 29.3 Å². The molecule has 0 fully saturated rings. The molecule has 1 N–H and O–H groups in total. The molecule has 1 atom stereocenters. The van der Waals surface area contributed by atoms with Crippen molar-refractivity contribution in [3.63, 3.8) is 0 Å². The summed E-state index contributed by atoms with van der Waals surface area (Å²) < 4.78 is 35.2. The maximum Gasteiger partial charge on any atom is 1.00 e. The third-order valence-electron chi connectivity index (χ3n) is 5.55. The molecule has 2 aromatic carbocycles. The van der Waals surface area contributed by atoms with Gasteiger partial charge in [0, 0.05) is 6.54 Å². The fourth-order valence-corrected chi connectivity index (χ4v) is 4.68. The molecule has 0 bridgehead atoms. The summed E-state index contributed by atoms with van der Waals surface area (Å²) in [6, 6.07) is 15.1. The molecular weight excluding hydrogens is 423 g/mol. The summed E-state index contributed by atoms with van der Waals surface area (Å²) in [7, 11) is -4.52. The van der Waals surface area contributed by atoms with Gasteiger partial charge in [-0.15, -0.1) is 0 Å². The summed E-state index contributed by atoms with van der Waals surface area (Å²) in [5.41, 5.74) is 2.40. The number of unbranched alkanes of at least 4 members (excludes halogenated alkanes) is 6. The first kappa shape index (κ1) is 25.8. The summed E-state index contributed by atoms with van der Waals surface area (Å²) in [5.74, 6) is 0. The minimum absolute atomic E-state index is 0. The minimum Gasteiger partial charge on any atom is -0.744 e. The predicted octanol–water partition coefficient (Wildman–Crippen LogP) is 2.49. The second-order valence-corrected chi connectivity index (χ2v) is 9.14. The van der Waals surface area contributed by atoms with Crippen LogP contribution in [-0.2, 0) is 16.7 Å². The Morgan fingerprint density at radius 3 is 2.27 bits per heavy atom. The number of hydrogen-bond donors (Lipinski definition) is 1. The van der Waals surface area contributed by atoms with E-state index in [-0.39, 0.29) is 62.4 Å². The Morgan fingerprint density at radius 2 is 1.60 bits per heavy atom. The molecule has 0 radical (unpaired) electrons. The van der Waals surface area contributed by atoms with E-state index >= 15 is 0 Å². The van der Waals surface area contributed by atoms with E-state index in [0.717, 1.165) is 24.1 Å². The molecule has 1 aliphatic rings. The molecule has 0 saturated heterocycles. The largest absolute Gasteiger partial charge is 1.00 e. The molecule has 7 heteroatoms. The summed E-state index contributed by atoms with van der Waals surface area (Å²) in [5, 5.41) is 3.34. The van der Waals surface area contributed by atoms with Gasteiger partial charge in [-0.1, -0.05) is 81.8 Å². The van der Waals surface area contributed by atoms with Crippen LogP contribution < -0.4 is 61.6 Å². The Kier molecular flexibility index (Phi) is 10.8. The molecule has 158 valence electrons. The Hall–Kier alpha value is -0.414. The fourth-order valence-electron chi connectivity index (χ4n) is 4.02. The molecule has 1 unspecified atom stereocenters. The second kappa shape index (κ2) is 12.6. The first-order valence-corrected chi connectivity index (χ1v) is 12.1. The number of benzene rings is 2. The fraction of sp³-hybridized carbons (Fsp3) is 0.478. The maximum absolute atomic E-state index is 11.7. The van der Waals surface area contributed by atoms with Crippen LogP contribution in [0.15, 0.2) is 53.4 Å². The van der Waals surface area contributed by atoms with E-state index in [1.54, 1.807) is 6.07 Å². The number of rotatable bonds is 11. The Labute approximate surface area is 223 Å². The van der Waals surface area contributed by atoms with E-state index in [1.165, 1.54) is 44.6 Å². The monoisotopic (exact) mass is 454 g/mol. The first-order valence-electron chi connectivity index (χ1n) is 10.7. The number of nitrogens with zero attached hydrogens (tertiary/aromatic N) is 1. The zero-order valence-corrected chi connectivity index (χ0v) is 22.1. The van der Waals surface area contributed by atoms with Crippen molar-refractivity contribution in [2.24, 2.45) is 0 Å². The topological polar surface area (TPSA) is 72.5 Å². The van der Waals surface area contributed by atoms with Gasteiger partial charge in [0.15, 0.2) is 0 Å². The number of fused-ring (bicyclic) bond motifs is 1. The van der Waals surface area contributed by atoms with Crippen molar-refractivity contribution < 1.29 is 64.4 Å². The molecule has 0 saturated carbocycles. The molecule has 1 heterocycles. The molecule has 5 nitrogen and oxygen atoms in total. The first-order chi connectivity index (χ1) is 14.0. The normalized spacial score (nSPS) is 15.4. The van der Waals surface area contributed by atoms with Gasteiger partial charge in [0.25, 0.3) is 0 Å². The van der Waals surface area contributed by atoms with Crippen molar-refractivity contribution in [3.05, 3.63) is 54.1 Å². The molecule has 0 aliphatic carbocycles. The molecule has 0 spiro atoms. The van der Waals surface area contributed by atoms with Crippen LogP contribution >= 0.6 is 0 Å². The van der Waals surface area contributed by atoms with Gasteiger partial charge in [0.1, 0.15) is 10.1 Å². The van der Waals surface area contributed by atoms with Crippen LogP contribution in [0.3, 0.4) is 0 Å². The van der Waals surface area contributed by atoms with Crippen molar-refractivity contribution in [3.8, 4) is 0 Å². The molecule has 3 rings (SSSR count). The minimum atomic E-state index is -4.52. The molecule has 2 aromatic rings. The van der Waals surface area contributed by atoms with Gasteiger partial charge in [0.2, 0.25) is 0 Å². The van der Waals surface area contributed by atoms with Crippen molar-refractivity contribution in [2.75, 3.05) is 10.2 Å². The van der Waals surface area contributed by atoms with Crippen LogP contribution in [0.2, 0.25) is 0 Å². The Bertz CT molecular complexity index is 891. The van der Waals surface area contributed by atoms with Crippen LogP contribution in [0.5, 0.6) is 0 Å². The Morgan fingerprint density at radius 1 is 0.933 bits per heavy atom. The van der Waals surface area contributed by atoms with Crippen LogP contribution in [0.25, 0.3) is 0 Å². The zero-order valence-electron chi connectivity index (χ0n) is 18.1. The van der Waals surface area contributed by atoms with Crippen LogP contribution in [-0.4, -0.2) is 19.1 Å². The summed E-state index contributed by atoms with van der Waals surface area (Å²) in [4.78, 5) is 2.03. The third kappa shape index (κ3) is 7.05. The van der Waals surface area contributed by atoms with Gasteiger partial charge in [-0.05, 0) is 30.5 Å². The van der Waals surface area contributed by atoms with Crippen LogP contribution in [0, 0.1) is 0 Å².